The first-order valence-corrected chi connectivity index (χ1v) is 16.7. The molecule has 1 fully saturated rings. The van der Waals surface area contributed by atoms with Crippen LogP contribution in [0, 0.1) is 29.1 Å². The first-order valence-electron chi connectivity index (χ1n) is 16.7. The van der Waals surface area contributed by atoms with Gasteiger partial charge >= 0.3 is 0 Å². The van der Waals surface area contributed by atoms with Crippen molar-refractivity contribution in [2.24, 2.45) is 0 Å². The molecule has 52 heavy (non-hydrogen) atoms. The molecule has 0 unspecified atom stereocenters. The number of likely N-dealkylation sites (N-methyl/N-ethyl adjacent to an activating group) is 1. The fourth-order valence-electron chi connectivity index (χ4n) is 6.09. The molecule has 1 aliphatic heterocycles. The van der Waals surface area contributed by atoms with Gasteiger partial charge in [-0.1, -0.05) is 72.8 Å². The lowest BCUT2D eigenvalue weighted by molar-refractivity contribution is -0.252. The minimum atomic E-state index is -2.33. The van der Waals surface area contributed by atoms with E-state index in [9.17, 15) is 31.9 Å². The predicted molar refractivity (Wildman–Crippen MR) is 183 cm³/mol. The minimum Gasteiger partial charge on any atom is -0.392 e. The third kappa shape index (κ3) is 8.54. The average molecular weight is 718 g/mol. The van der Waals surface area contributed by atoms with Crippen LogP contribution < -0.4 is 5.32 Å². The number of halogens is 5. The Labute approximate surface area is 297 Å². The Morgan fingerprint density at radius 3 is 2.17 bits per heavy atom. The van der Waals surface area contributed by atoms with Gasteiger partial charge in [-0.3, -0.25) is 9.78 Å². The van der Waals surface area contributed by atoms with Gasteiger partial charge in [0.15, 0.2) is 29.6 Å². The molecule has 0 spiro atoms. The molecule has 0 bridgehead atoms. The maximum atomic E-state index is 14.1. The van der Waals surface area contributed by atoms with E-state index >= 15 is 0 Å². The van der Waals surface area contributed by atoms with Crippen molar-refractivity contribution in [1.29, 1.82) is 0 Å². The summed E-state index contributed by atoms with van der Waals surface area (Å²) in [5.74, 6) is -12.5. The lowest BCUT2D eigenvalue weighted by Gasteiger charge is -2.38. The van der Waals surface area contributed by atoms with Crippen LogP contribution in [0.2, 0.25) is 0 Å². The summed E-state index contributed by atoms with van der Waals surface area (Å²) >= 11 is 0. The van der Waals surface area contributed by atoms with Crippen LogP contribution in [0.1, 0.15) is 57.1 Å². The van der Waals surface area contributed by atoms with Gasteiger partial charge in [0.05, 0.1) is 18.8 Å². The second-order valence-electron chi connectivity index (χ2n) is 12.6. The smallest absolute Gasteiger partial charge is 0.257 e. The molecular formula is C40H36F5N3O4. The second-order valence-corrected chi connectivity index (χ2v) is 12.6. The molecular weight excluding hydrogens is 681 g/mol. The lowest BCUT2D eigenvalue weighted by atomic mass is 9.99. The largest absolute Gasteiger partial charge is 0.392 e. The van der Waals surface area contributed by atoms with E-state index in [0.717, 1.165) is 46.5 Å². The number of carbonyl (C=O) groups excluding carboxylic acids is 1. The van der Waals surface area contributed by atoms with Gasteiger partial charge < -0.3 is 24.8 Å². The van der Waals surface area contributed by atoms with Gasteiger partial charge in [0.1, 0.15) is 5.56 Å². The van der Waals surface area contributed by atoms with Crippen LogP contribution in [-0.4, -0.2) is 47.1 Å². The van der Waals surface area contributed by atoms with Gasteiger partial charge in [-0.25, -0.2) is 22.0 Å². The molecule has 2 N–H and O–H groups in total. The Hall–Kier alpha value is -5.01. The summed E-state index contributed by atoms with van der Waals surface area (Å²) < 4.78 is 81.9. The topological polar surface area (TPSA) is 83.9 Å². The SMILES string of the molecule is CN(CCc1ccccn1)C[C@@H]1C[C@H](c2ccc(CO)cc2)O[C@H](c2ccc(-c3cccc(CNC(=O)c4c(F)c(F)c(F)c(F)c4F)c3)cc2)O1. The highest BCUT2D eigenvalue weighted by atomic mass is 19.2. The van der Waals surface area contributed by atoms with E-state index in [1.165, 1.54) is 0 Å². The monoisotopic (exact) mass is 717 g/mol. The van der Waals surface area contributed by atoms with Gasteiger partial charge in [-0.2, -0.15) is 0 Å². The number of nitrogens with zero attached hydrogens (tertiary/aromatic N) is 2. The minimum absolute atomic E-state index is 0.0520. The molecule has 0 saturated carbocycles. The van der Waals surface area contributed by atoms with E-state index in [-0.39, 0.29) is 25.4 Å². The molecule has 270 valence electrons. The Morgan fingerprint density at radius 2 is 1.50 bits per heavy atom. The normalized spacial score (nSPS) is 17.3. The zero-order valence-electron chi connectivity index (χ0n) is 28.2. The Kier molecular flexibility index (Phi) is 11.7. The van der Waals surface area contributed by atoms with Crippen molar-refractivity contribution in [3.8, 4) is 11.1 Å². The van der Waals surface area contributed by atoms with Crippen LogP contribution >= 0.6 is 0 Å². The molecule has 0 aliphatic carbocycles. The molecule has 6 rings (SSSR count). The standard InChI is InChI=1S/C40H36F5N3O4/c1-48(18-16-30-7-2-3-17-46-30)22-31-20-32(27-10-8-24(23-49)9-11-27)52-40(51-31)28-14-12-26(13-15-28)29-6-4-5-25(19-29)21-47-39(50)33-34(41)36(43)38(45)37(44)35(33)42/h2-15,17,19,31-32,40,49H,16,18,20-23H2,1H3,(H,47,50)/t31-,32+,40+/m0/s1. The third-order valence-corrected chi connectivity index (χ3v) is 8.94. The number of ether oxygens (including phenoxy) is 2. The first-order chi connectivity index (χ1) is 25.1. The number of benzene rings is 4. The van der Waals surface area contributed by atoms with Gasteiger partial charge in [-0.15, -0.1) is 0 Å². The highest BCUT2D eigenvalue weighted by Gasteiger charge is 2.33. The second kappa shape index (κ2) is 16.6. The van der Waals surface area contributed by atoms with Crippen molar-refractivity contribution in [1.82, 2.24) is 15.2 Å². The number of aliphatic hydroxyl groups excluding tert-OH is 1. The molecule has 1 aliphatic rings. The highest BCUT2D eigenvalue weighted by Crippen LogP contribution is 2.38. The number of pyridine rings is 1. The van der Waals surface area contributed by atoms with Gasteiger partial charge in [0.25, 0.3) is 5.91 Å². The van der Waals surface area contributed by atoms with Crippen molar-refractivity contribution < 1.29 is 41.3 Å². The molecule has 3 atom stereocenters. The fraction of sp³-hybridized carbons (Fsp3) is 0.250. The van der Waals surface area contributed by atoms with E-state index < -0.39 is 46.8 Å². The average Bonchev–Trinajstić information content (AvgIpc) is 3.18. The Morgan fingerprint density at radius 1 is 0.808 bits per heavy atom. The van der Waals surface area contributed by atoms with E-state index in [4.69, 9.17) is 9.47 Å². The van der Waals surface area contributed by atoms with Crippen LogP contribution in [0.5, 0.6) is 0 Å². The number of aliphatic hydroxyl groups is 1. The van der Waals surface area contributed by atoms with Gasteiger partial charge in [0.2, 0.25) is 5.82 Å². The molecule has 7 nitrogen and oxygen atoms in total. The van der Waals surface area contributed by atoms with Crippen molar-refractivity contribution >= 4 is 5.91 Å². The van der Waals surface area contributed by atoms with Gasteiger partial charge in [0, 0.05) is 49.9 Å². The number of hydrogen-bond acceptors (Lipinski definition) is 6. The summed E-state index contributed by atoms with van der Waals surface area (Å²) in [6.45, 7) is 1.19. The molecule has 4 aromatic carbocycles. The molecule has 1 aromatic heterocycles. The van der Waals surface area contributed by atoms with Gasteiger partial charge in [-0.05, 0) is 53.1 Å². The molecule has 12 heteroatoms. The van der Waals surface area contributed by atoms with Crippen LogP contribution in [0.15, 0.2) is 97.2 Å². The molecule has 1 amide bonds. The van der Waals surface area contributed by atoms with Crippen LogP contribution in [-0.2, 0) is 29.0 Å². The fourth-order valence-corrected chi connectivity index (χ4v) is 6.09. The zero-order chi connectivity index (χ0) is 36.8. The molecule has 5 aromatic rings. The summed E-state index contributed by atoms with van der Waals surface area (Å²) in [5, 5.41) is 11.8. The summed E-state index contributed by atoms with van der Waals surface area (Å²) in [6, 6.07) is 28.1. The molecule has 1 saturated heterocycles. The quantitative estimate of drug-likeness (QED) is 0.0787. The Balaban J connectivity index is 1.14. The lowest BCUT2D eigenvalue weighted by Crippen LogP contribution is -2.38. The van der Waals surface area contributed by atoms with Crippen LogP contribution in [0.25, 0.3) is 11.1 Å². The predicted octanol–water partition coefficient (Wildman–Crippen LogP) is 7.59. The number of rotatable bonds is 12. The zero-order valence-corrected chi connectivity index (χ0v) is 28.2. The van der Waals surface area contributed by atoms with Crippen molar-refractivity contribution in [3.05, 3.63) is 160 Å². The van der Waals surface area contributed by atoms with Crippen molar-refractivity contribution in [2.45, 2.75) is 44.5 Å². The summed E-state index contributed by atoms with van der Waals surface area (Å²) in [7, 11) is 2.05. The molecule has 0 radical (unpaired) electrons. The molecule has 2 heterocycles. The van der Waals surface area contributed by atoms with E-state index in [0.29, 0.717) is 18.5 Å². The van der Waals surface area contributed by atoms with E-state index in [1.54, 1.807) is 24.4 Å². The number of amides is 1. The van der Waals surface area contributed by atoms with Crippen molar-refractivity contribution in [3.63, 3.8) is 0 Å². The maximum Gasteiger partial charge on any atom is 0.257 e. The number of nitrogens with one attached hydrogen (secondary N) is 1. The van der Waals surface area contributed by atoms with Crippen molar-refractivity contribution in [2.75, 3.05) is 20.1 Å². The maximum absolute atomic E-state index is 14.1. The summed E-state index contributed by atoms with van der Waals surface area (Å²) in [5.41, 5.74) is 4.16. The summed E-state index contributed by atoms with van der Waals surface area (Å²) in [6.07, 6.45) is 2.16. The Bertz CT molecular complexity index is 1970. The highest BCUT2D eigenvalue weighted by molar-refractivity contribution is 5.94. The summed E-state index contributed by atoms with van der Waals surface area (Å²) in [4.78, 5) is 19.1. The number of hydrogen-bond donors (Lipinski definition) is 2. The third-order valence-electron chi connectivity index (χ3n) is 8.94. The number of carbonyl (C=O) groups is 1. The van der Waals surface area contributed by atoms with Crippen LogP contribution in [0.3, 0.4) is 0 Å². The van der Waals surface area contributed by atoms with Crippen LogP contribution in [0.4, 0.5) is 22.0 Å². The number of aromatic nitrogens is 1. The van der Waals surface area contributed by atoms with E-state index in [1.807, 2.05) is 72.8 Å². The van der Waals surface area contributed by atoms with E-state index in [2.05, 4.69) is 22.2 Å². The first kappa shape index (κ1) is 36.8.